The van der Waals surface area contributed by atoms with Crippen LogP contribution in [0.1, 0.15) is 37.7 Å². The van der Waals surface area contributed by atoms with Crippen LogP contribution in [0.2, 0.25) is 10.0 Å². The molecule has 1 atom stereocenters. The lowest BCUT2D eigenvalue weighted by molar-refractivity contribution is 0.181. The third kappa shape index (κ3) is 5.55. The Labute approximate surface area is 243 Å². The maximum absolute atomic E-state index is 14.1. The van der Waals surface area contributed by atoms with E-state index < -0.39 is 6.04 Å². The summed E-state index contributed by atoms with van der Waals surface area (Å²) >= 11 is 12.6. The van der Waals surface area contributed by atoms with Crippen molar-refractivity contribution in [1.82, 2.24) is 14.5 Å². The van der Waals surface area contributed by atoms with E-state index in [1.165, 1.54) is 0 Å². The Bertz CT molecular complexity index is 1750. The summed E-state index contributed by atoms with van der Waals surface area (Å²) in [5.41, 5.74) is 2.09. The molecule has 40 heavy (non-hydrogen) atoms. The second-order valence-electron chi connectivity index (χ2n) is 9.60. The van der Waals surface area contributed by atoms with Crippen LogP contribution >= 0.6 is 23.2 Å². The summed E-state index contributed by atoms with van der Waals surface area (Å²) in [7, 11) is 0. The highest BCUT2D eigenvalue weighted by Gasteiger charge is 2.29. The number of carbonyl (C=O) groups is 1. The number of carbonyl (C=O) groups excluding carboxylic acids is 1. The number of para-hydroxylation sites is 1. The predicted octanol–water partition coefficient (Wildman–Crippen LogP) is 8.10. The zero-order valence-corrected chi connectivity index (χ0v) is 23.9. The summed E-state index contributed by atoms with van der Waals surface area (Å²) in [6.45, 7) is 4.70. The van der Waals surface area contributed by atoms with Crippen LogP contribution in [0, 0.1) is 0 Å². The predicted molar refractivity (Wildman–Crippen MR) is 165 cm³/mol. The molecule has 8 heteroatoms. The van der Waals surface area contributed by atoms with Crippen LogP contribution < -0.4 is 10.9 Å². The quantitative estimate of drug-likeness (QED) is 0.204. The Morgan fingerprint density at radius 2 is 1.68 bits per heavy atom. The van der Waals surface area contributed by atoms with E-state index in [0.717, 1.165) is 16.3 Å². The van der Waals surface area contributed by atoms with E-state index in [0.29, 0.717) is 58.4 Å². The molecule has 4 aromatic carbocycles. The molecule has 5 aromatic rings. The first-order valence-electron chi connectivity index (χ1n) is 13.4. The van der Waals surface area contributed by atoms with E-state index >= 15 is 0 Å². The Kier molecular flexibility index (Phi) is 8.38. The van der Waals surface area contributed by atoms with Crippen LogP contribution in [0.25, 0.3) is 21.7 Å². The van der Waals surface area contributed by atoms with Gasteiger partial charge in [0.2, 0.25) is 0 Å². The van der Waals surface area contributed by atoms with Crippen LogP contribution in [-0.2, 0) is 13.0 Å². The first-order chi connectivity index (χ1) is 19.4. The van der Waals surface area contributed by atoms with Crippen LogP contribution in [0.4, 0.5) is 10.5 Å². The molecule has 0 saturated heterocycles. The van der Waals surface area contributed by atoms with E-state index in [1.54, 1.807) is 27.7 Å². The molecule has 1 heterocycles. The molecular formula is C32H30Cl2N4O2. The molecule has 1 N–H and O–H groups in total. The van der Waals surface area contributed by atoms with Gasteiger partial charge in [0.25, 0.3) is 5.56 Å². The Morgan fingerprint density at radius 3 is 2.42 bits per heavy atom. The standard InChI is InChI=1S/C32H30Cl2N4O2/c1-3-29(30-35-28-14-8-7-13-25(28)31(39)37(30)4-2)38(19-18-22-16-17-23(33)20-26(22)34)32(40)36-27-15-9-11-21-10-5-6-12-24(21)27/h5-17,20,29H,3-4,18-19H2,1-2H3,(H,36,40). The Hall–Kier alpha value is -3.87. The number of anilines is 1. The maximum Gasteiger partial charge on any atom is 0.322 e. The van der Waals surface area contributed by atoms with Gasteiger partial charge in [-0.15, -0.1) is 0 Å². The van der Waals surface area contributed by atoms with Crippen molar-refractivity contribution < 1.29 is 4.79 Å². The third-order valence-corrected chi connectivity index (χ3v) is 7.78. The molecule has 0 spiro atoms. The number of nitrogens with one attached hydrogen (secondary N) is 1. The topological polar surface area (TPSA) is 67.2 Å². The van der Waals surface area contributed by atoms with E-state index in [1.807, 2.05) is 80.6 Å². The van der Waals surface area contributed by atoms with E-state index in [2.05, 4.69) is 5.32 Å². The summed E-state index contributed by atoms with van der Waals surface area (Å²) < 4.78 is 1.67. The van der Waals surface area contributed by atoms with Crippen molar-refractivity contribution >= 4 is 56.6 Å². The molecule has 2 amide bonds. The molecule has 1 aromatic heterocycles. The number of hydrogen-bond acceptors (Lipinski definition) is 3. The molecule has 1 unspecified atom stereocenters. The lowest BCUT2D eigenvalue weighted by Gasteiger charge is -2.32. The number of halogens is 2. The maximum atomic E-state index is 14.1. The molecule has 0 fully saturated rings. The third-order valence-electron chi connectivity index (χ3n) is 7.20. The lowest BCUT2D eigenvalue weighted by atomic mass is 10.1. The van der Waals surface area contributed by atoms with Crippen molar-refractivity contribution in [1.29, 1.82) is 0 Å². The normalized spacial score (nSPS) is 12.0. The summed E-state index contributed by atoms with van der Waals surface area (Å²) in [4.78, 5) is 34.2. The molecular weight excluding hydrogens is 543 g/mol. The minimum atomic E-state index is -0.460. The summed E-state index contributed by atoms with van der Waals surface area (Å²) in [6, 6.07) is 25.7. The SMILES string of the molecule is CCC(c1nc2ccccc2c(=O)n1CC)N(CCc1ccc(Cl)cc1Cl)C(=O)Nc1cccc2ccccc12. The van der Waals surface area contributed by atoms with Crippen molar-refractivity contribution in [2.24, 2.45) is 0 Å². The number of fused-ring (bicyclic) bond motifs is 2. The molecule has 0 bridgehead atoms. The molecule has 204 valence electrons. The van der Waals surface area contributed by atoms with E-state index in [9.17, 15) is 9.59 Å². The summed E-state index contributed by atoms with van der Waals surface area (Å²) in [5, 5.41) is 6.77. The van der Waals surface area contributed by atoms with Gasteiger partial charge in [-0.2, -0.15) is 0 Å². The summed E-state index contributed by atoms with van der Waals surface area (Å²) in [5.74, 6) is 0.559. The van der Waals surface area contributed by atoms with Gasteiger partial charge in [0.05, 0.1) is 22.6 Å². The van der Waals surface area contributed by atoms with Gasteiger partial charge in [0.1, 0.15) is 5.82 Å². The average molecular weight is 574 g/mol. The van der Waals surface area contributed by atoms with Crippen molar-refractivity contribution in [2.45, 2.75) is 39.3 Å². The van der Waals surface area contributed by atoms with Crippen LogP contribution in [-0.4, -0.2) is 27.0 Å². The second kappa shape index (κ2) is 12.1. The zero-order chi connectivity index (χ0) is 28.2. The van der Waals surface area contributed by atoms with Crippen LogP contribution in [0.3, 0.4) is 0 Å². The number of benzene rings is 4. The van der Waals surface area contributed by atoms with E-state index in [-0.39, 0.29) is 11.6 Å². The molecule has 5 rings (SSSR count). The highest BCUT2D eigenvalue weighted by atomic mass is 35.5. The largest absolute Gasteiger partial charge is 0.322 e. The minimum Gasteiger partial charge on any atom is -0.314 e. The minimum absolute atomic E-state index is 0.114. The molecule has 0 aliphatic heterocycles. The van der Waals surface area contributed by atoms with Crippen molar-refractivity contribution in [3.8, 4) is 0 Å². The highest BCUT2D eigenvalue weighted by Crippen LogP contribution is 2.29. The number of aromatic nitrogens is 2. The molecule has 0 radical (unpaired) electrons. The Morgan fingerprint density at radius 1 is 0.950 bits per heavy atom. The van der Waals surface area contributed by atoms with Crippen molar-refractivity contribution in [3.63, 3.8) is 0 Å². The molecule has 0 aliphatic carbocycles. The first-order valence-corrected chi connectivity index (χ1v) is 14.2. The molecule has 0 saturated carbocycles. The fourth-order valence-corrected chi connectivity index (χ4v) is 5.68. The van der Waals surface area contributed by atoms with Crippen molar-refractivity contribution in [3.05, 3.63) is 117 Å². The van der Waals surface area contributed by atoms with Gasteiger partial charge in [-0.25, -0.2) is 9.78 Å². The fraction of sp³-hybridized carbons (Fsp3) is 0.219. The summed E-state index contributed by atoms with van der Waals surface area (Å²) in [6.07, 6.45) is 1.06. The zero-order valence-electron chi connectivity index (χ0n) is 22.4. The number of nitrogens with zero attached hydrogens (tertiary/aromatic N) is 3. The van der Waals surface area contributed by atoms with Crippen LogP contribution in [0.15, 0.2) is 89.7 Å². The van der Waals surface area contributed by atoms with Crippen LogP contribution in [0.5, 0.6) is 0 Å². The number of urea groups is 1. The van der Waals surface area contributed by atoms with Gasteiger partial charge in [-0.05, 0) is 61.0 Å². The van der Waals surface area contributed by atoms with Gasteiger partial charge >= 0.3 is 6.03 Å². The molecule has 0 aliphatic rings. The van der Waals surface area contributed by atoms with Gasteiger partial charge in [-0.3, -0.25) is 9.36 Å². The second-order valence-corrected chi connectivity index (χ2v) is 10.4. The number of hydrogen-bond donors (Lipinski definition) is 1. The van der Waals surface area contributed by atoms with E-state index in [4.69, 9.17) is 28.2 Å². The van der Waals surface area contributed by atoms with Gasteiger partial charge in [0, 0.05) is 28.5 Å². The van der Waals surface area contributed by atoms with Crippen molar-refractivity contribution in [2.75, 3.05) is 11.9 Å². The first kappa shape index (κ1) is 27.7. The Balaban J connectivity index is 1.57. The lowest BCUT2D eigenvalue weighted by Crippen LogP contribution is -2.42. The number of amides is 2. The molecule has 6 nitrogen and oxygen atoms in total. The fourth-order valence-electron chi connectivity index (χ4n) is 5.17. The van der Waals surface area contributed by atoms with Gasteiger partial charge in [-0.1, -0.05) is 84.7 Å². The average Bonchev–Trinajstić information content (AvgIpc) is 2.96. The van der Waals surface area contributed by atoms with Gasteiger partial charge < -0.3 is 10.2 Å². The number of rotatable bonds is 8. The highest BCUT2D eigenvalue weighted by molar-refractivity contribution is 6.35. The van der Waals surface area contributed by atoms with Gasteiger partial charge in [0.15, 0.2) is 0 Å². The monoisotopic (exact) mass is 572 g/mol. The smallest absolute Gasteiger partial charge is 0.314 e.